The summed E-state index contributed by atoms with van der Waals surface area (Å²) in [6, 6.07) is 16.2. The van der Waals surface area contributed by atoms with Gasteiger partial charge in [-0.3, -0.25) is 4.79 Å². The topological polar surface area (TPSA) is 80.9 Å². The first-order valence-electron chi connectivity index (χ1n) is 13.0. The van der Waals surface area contributed by atoms with Crippen LogP contribution in [0.2, 0.25) is 0 Å². The number of piperidine rings is 1. The van der Waals surface area contributed by atoms with Crippen LogP contribution in [0.4, 0.5) is 14.6 Å². The molecule has 2 N–H and O–H groups in total. The highest BCUT2D eigenvalue weighted by atomic mass is 19.3. The van der Waals surface area contributed by atoms with Gasteiger partial charge in [0.2, 0.25) is 0 Å². The summed E-state index contributed by atoms with van der Waals surface area (Å²) >= 11 is 0. The summed E-state index contributed by atoms with van der Waals surface area (Å²) in [6.45, 7) is 1.01. The molecular weight excluding hydrogens is 490 g/mol. The predicted molar refractivity (Wildman–Crippen MR) is 141 cm³/mol. The van der Waals surface area contributed by atoms with Crippen LogP contribution in [0.5, 0.6) is 11.5 Å². The van der Waals surface area contributed by atoms with Crippen LogP contribution in [0.3, 0.4) is 0 Å². The second-order valence-electron chi connectivity index (χ2n) is 9.73. The molecule has 3 heterocycles. The van der Waals surface area contributed by atoms with Crippen molar-refractivity contribution in [2.24, 2.45) is 0 Å². The van der Waals surface area contributed by atoms with Crippen molar-refractivity contribution in [1.82, 2.24) is 14.8 Å². The van der Waals surface area contributed by atoms with Gasteiger partial charge in [-0.05, 0) is 68.6 Å². The highest BCUT2D eigenvalue weighted by Gasteiger charge is 2.28. The molecule has 5 rings (SSSR count). The van der Waals surface area contributed by atoms with Gasteiger partial charge in [0.15, 0.2) is 11.6 Å². The minimum atomic E-state index is -2.93. The average Bonchev–Trinajstić information content (AvgIpc) is 3.48. The fourth-order valence-electron chi connectivity index (χ4n) is 5.25. The summed E-state index contributed by atoms with van der Waals surface area (Å²) in [4.78, 5) is 21.9. The van der Waals surface area contributed by atoms with Crippen LogP contribution in [0, 0.1) is 0 Å². The van der Waals surface area contributed by atoms with Gasteiger partial charge in [-0.25, -0.2) is 4.98 Å². The molecule has 7 nitrogen and oxygen atoms in total. The van der Waals surface area contributed by atoms with E-state index in [0.29, 0.717) is 22.9 Å². The number of ether oxygens (including phenoxy) is 2. The third-order valence-corrected chi connectivity index (χ3v) is 7.33. The van der Waals surface area contributed by atoms with Gasteiger partial charge in [0, 0.05) is 42.0 Å². The summed E-state index contributed by atoms with van der Waals surface area (Å²) in [5, 5.41) is 0. The molecule has 3 aromatic rings. The first-order valence-corrected chi connectivity index (χ1v) is 13.0. The van der Waals surface area contributed by atoms with E-state index < -0.39 is 6.61 Å². The average molecular weight is 523 g/mol. The third-order valence-electron chi connectivity index (χ3n) is 7.33. The molecule has 0 unspecified atom stereocenters. The Hall–Kier alpha value is -3.72. The van der Waals surface area contributed by atoms with E-state index in [2.05, 4.69) is 14.6 Å². The van der Waals surface area contributed by atoms with Gasteiger partial charge in [0.05, 0.1) is 0 Å². The van der Waals surface area contributed by atoms with Gasteiger partial charge >= 0.3 is 6.61 Å². The van der Waals surface area contributed by atoms with E-state index in [1.807, 2.05) is 29.2 Å². The number of carbonyl (C=O) groups is 1. The van der Waals surface area contributed by atoms with E-state index in [1.165, 1.54) is 32.0 Å². The maximum Gasteiger partial charge on any atom is 0.387 e. The number of benzene rings is 2. The molecule has 9 heteroatoms. The van der Waals surface area contributed by atoms with Gasteiger partial charge < -0.3 is 25.0 Å². The minimum absolute atomic E-state index is 0.0138. The number of aromatic nitrogens is 1. The van der Waals surface area contributed by atoms with E-state index in [0.717, 1.165) is 37.1 Å². The molecule has 0 radical (unpaired) electrons. The van der Waals surface area contributed by atoms with Crippen LogP contribution in [0.15, 0.2) is 60.8 Å². The highest BCUT2D eigenvalue weighted by molar-refractivity contribution is 5.94. The number of para-hydroxylation sites is 1. The van der Waals surface area contributed by atoms with Gasteiger partial charge in [0.25, 0.3) is 5.91 Å². The molecule has 0 atom stereocenters. The first kappa shape index (κ1) is 25.9. The largest absolute Gasteiger partial charge is 0.485 e. The van der Waals surface area contributed by atoms with Crippen molar-refractivity contribution in [1.29, 1.82) is 0 Å². The van der Waals surface area contributed by atoms with Gasteiger partial charge in [0.1, 0.15) is 12.4 Å². The molecule has 2 aliphatic rings. The molecule has 200 valence electrons. The van der Waals surface area contributed by atoms with Crippen LogP contribution in [-0.4, -0.2) is 59.5 Å². The van der Waals surface area contributed by atoms with Crippen molar-refractivity contribution in [2.75, 3.05) is 31.9 Å². The van der Waals surface area contributed by atoms with Crippen LogP contribution >= 0.6 is 0 Å². The van der Waals surface area contributed by atoms with Crippen LogP contribution in [0.25, 0.3) is 11.1 Å². The molecule has 0 spiro atoms. The van der Waals surface area contributed by atoms with E-state index in [9.17, 15) is 13.6 Å². The van der Waals surface area contributed by atoms with Gasteiger partial charge in [-0.2, -0.15) is 8.78 Å². The fraction of sp³-hybridized carbons (Fsp3) is 0.379. The highest BCUT2D eigenvalue weighted by Crippen LogP contribution is 2.30. The minimum Gasteiger partial charge on any atom is -0.485 e. The molecular formula is C29H32F2N4O3. The van der Waals surface area contributed by atoms with E-state index in [1.54, 1.807) is 30.5 Å². The summed E-state index contributed by atoms with van der Waals surface area (Å²) in [6.07, 6.45) is 6.26. The lowest BCUT2D eigenvalue weighted by Gasteiger charge is -2.36. The maximum atomic E-state index is 13.1. The van der Waals surface area contributed by atoms with E-state index in [4.69, 9.17) is 10.5 Å². The Kier molecular flexibility index (Phi) is 8.03. The van der Waals surface area contributed by atoms with Crippen molar-refractivity contribution in [2.45, 2.75) is 44.9 Å². The van der Waals surface area contributed by atoms with Gasteiger partial charge in [-0.15, -0.1) is 0 Å². The number of hydrogen-bond acceptors (Lipinski definition) is 6. The molecule has 2 fully saturated rings. The molecule has 2 aliphatic heterocycles. The van der Waals surface area contributed by atoms with Crippen molar-refractivity contribution in [3.05, 3.63) is 71.9 Å². The van der Waals surface area contributed by atoms with Crippen molar-refractivity contribution in [3.63, 3.8) is 0 Å². The molecule has 2 aromatic carbocycles. The number of amides is 1. The molecule has 0 bridgehead atoms. The second kappa shape index (κ2) is 11.8. The Morgan fingerprint density at radius 3 is 2.39 bits per heavy atom. The van der Waals surface area contributed by atoms with Crippen molar-refractivity contribution in [3.8, 4) is 22.6 Å². The lowest BCUT2D eigenvalue weighted by atomic mass is 10.0. The molecule has 0 saturated carbocycles. The first-order chi connectivity index (χ1) is 18.5. The lowest BCUT2D eigenvalue weighted by molar-refractivity contribution is -0.0508. The van der Waals surface area contributed by atoms with E-state index in [-0.39, 0.29) is 24.1 Å². The summed E-state index contributed by atoms with van der Waals surface area (Å²) in [5.41, 5.74) is 8.74. The lowest BCUT2D eigenvalue weighted by Crippen LogP contribution is -2.45. The Morgan fingerprint density at radius 1 is 0.974 bits per heavy atom. The summed E-state index contributed by atoms with van der Waals surface area (Å²) < 4.78 is 35.8. The molecule has 1 amide bonds. The van der Waals surface area contributed by atoms with Crippen LogP contribution in [0.1, 0.15) is 41.6 Å². The Bertz CT molecular complexity index is 1240. The normalized spacial score (nSPS) is 16.7. The molecule has 38 heavy (non-hydrogen) atoms. The van der Waals surface area contributed by atoms with Crippen LogP contribution < -0.4 is 15.2 Å². The van der Waals surface area contributed by atoms with Crippen LogP contribution in [-0.2, 0) is 6.61 Å². The monoisotopic (exact) mass is 522 g/mol. The van der Waals surface area contributed by atoms with E-state index >= 15 is 0 Å². The second-order valence-corrected chi connectivity index (χ2v) is 9.73. The summed E-state index contributed by atoms with van der Waals surface area (Å²) in [7, 11) is 0. The third kappa shape index (κ3) is 6.05. The SMILES string of the molecule is Nc1ncc(-c2ccc(C(=O)N3CCC(N4CCCC4)CC3)cc2)cc1OCc1ccccc1OC(F)F. The zero-order valence-corrected chi connectivity index (χ0v) is 21.2. The Labute approximate surface area is 221 Å². The standard InChI is InChI=1S/C29H32F2N4O3/c30-29(31)38-25-6-2-1-5-22(25)19-37-26-17-23(18-33-27(26)32)20-7-9-21(10-8-20)28(36)35-15-11-24(12-16-35)34-13-3-4-14-34/h1-2,5-10,17-18,24,29H,3-4,11-16,19H2,(H2,32,33). The smallest absolute Gasteiger partial charge is 0.387 e. The van der Waals surface area contributed by atoms with Gasteiger partial charge in [-0.1, -0.05) is 30.3 Å². The number of rotatable bonds is 8. The number of nitrogen functional groups attached to an aromatic ring is 1. The fourth-order valence-corrected chi connectivity index (χ4v) is 5.25. The zero-order chi connectivity index (χ0) is 26.5. The number of carbonyl (C=O) groups excluding carboxylic acids is 1. The molecule has 0 aliphatic carbocycles. The quantitative estimate of drug-likeness (QED) is 0.437. The number of anilines is 1. The summed E-state index contributed by atoms with van der Waals surface area (Å²) in [5.74, 6) is 0.617. The molecule has 1 aromatic heterocycles. The number of hydrogen-bond donors (Lipinski definition) is 1. The Morgan fingerprint density at radius 2 is 1.68 bits per heavy atom. The maximum absolute atomic E-state index is 13.1. The predicted octanol–water partition coefficient (Wildman–Crippen LogP) is 5.21. The number of alkyl halides is 2. The van der Waals surface area contributed by atoms with Crippen molar-refractivity contribution < 1.29 is 23.0 Å². The van der Waals surface area contributed by atoms with Crippen molar-refractivity contribution >= 4 is 11.7 Å². The molecule has 2 saturated heterocycles. The number of nitrogens with two attached hydrogens (primary N) is 1. The number of pyridine rings is 1. The number of likely N-dealkylation sites (tertiary alicyclic amines) is 2. The number of nitrogens with zero attached hydrogens (tertiary/aromatic N) is 3. The number of halogens is 2. The zero-order valence-electron chi connectivity index (χ0n) is 21.2. The Balaban J connectivity index is 1.22.